The number of para-hydroxylation sites is 1. The number of nitro groups is 1. The lowest BCUT2D eigenvalue weighted by atomic mass is 10.1. The van der Waals surface area contributed by atoms with E-state index in [1.54, 1.807) is 28.8 Å². The molecule has 0 aliphatic carbocycles. The number of nitrogens with zero attached hydrogens (tertiary/aromatic N) is 5. The Bertz CT molecular complexity index is 1530. The minimum Gasteiger partial charge on any atom is -0.451 e. The van der Waals surface area contributed by atoms with Gasteiger partial charge in [-0.2, -0.15) is 9.61 Å². The van der Waals surface area contributed by atoms with E-state index in [4.69, 9.17) is 16.6 Å². The smallest absolute Gasteiger partial charge is 0.293 e. The van der Waals surface area contributed by atoms with Crippen LogP contribution in [0.2, 0.25) is 0 Å². The Hall–Kier alpha value is -4.49. The van der Waals surface area contributed by atoms with Gasteiger partial charge in [-0.25, -0.2) is 0 Å². The molecule has 13 heteroatoms. The largest absolute Gasteiger partial charge is 0.451 e. The summed E-state index contributed by atoms with van der Waals surface area (Å²) in [4.78, 5) is 24.0. The van der Waals surface area contributed by atoms with Gasteiger partial charge in [0.1, 0.15) is 17.1 Å². The van der Waals surface area contributed by atoms with Crippen molar-refractivity contribution in [2.45, 2.75) is 0 Å². The van der Waals surface area contributed by atoms with Crippen LogP contribution >= 0.6 is 23.6 Å². The second-order valence-electron chi connectivity index (χ2n) is 6.89. The first-order valence-electron chi connectivity index (χ1n) is 9.71. The van der Waals surface area contributed by atoms with Crippen LogP contribution in [0.5, 0.6) is 0 Å². The Labute approximate surface area is 200 Å². The number of nitrogens with one attached hydrogen (secondary N) is 2. The molecule has 3 aromatic heterocycles. The highest BCUT2D eigenvalue weighted by Crippen LogP contribution is 2.31. The number of rotatable bonds is 5. The summed E-state index contributed by atoms with van der Waals surface area (Å²) < 4.78 is 7.14. The van der Waals surface area contributed by atoms with Crippen LogP contribution < -0.4 is 10.6 Å². The van der Waals surface area contributed by atoms with E-state index in [2.05, 4.69) is 25.9 Å². The molecule has 0 saturated carbocycles. The fourth-order valence-electron chi connectivity index (χ4n) is 3.18. The topological polar surface area (TPSA) is 140 Å². The zero-order chi connectivity index (χ0) is 23.7. The second-order valence-corrected chi connectivity index (χ2v) is 8.26. The van der Waals surface area contributed by atoms with Crippen molar-refractivity contribution >= 4 is 50.9 Å². The average molecular weight is 492 g/mol. The quantitative estimate of drug-likeness (QED) is 0.211. The number of thiocarbonyl (C=S) groups is 1. The van der Waals surface area contributed by atoms with Gasteiger partial charge < -0.3 is 9.73 Å². The molecule has 0 aliphatic heterocycles. The average Bonchev–Trinajstić information content (AvgIpc) is 3.55. The molecular formula is C21H13N7O4S2. The third kappa shape index (κ3) is 4.24. The van der Waals surface area contributed by atoms with Gasteiger partial charge in [0.05, 0.1) is 10.5 Å². The SMILES string of the molecule is O=C(NC(=S)Nc1cccc(-c2nn3cnnc3s2)c1)c1ccc(-c2ccccc2[N+](=O)[O-])o1. The normalized spacial score (nSPS) is 10.8. The maximum absolute atomic E-state index is 12.6. The van der Waals surface area contributed by atoms with E-state index in [9.17, 15) is 14.9 Å². The first kappa shape index (κ1) is 21.4. The predicted octanol–water partition coefficient (Wildman–Crippen LogP) is 4.15. The van der Waals surface area contributed by atoms with Gasteiger partial charge in [0.15, 0.2) is 10.9 Å². The molecule has 0 atom stereocenters. The van der Waals surface area contributed by atoms with Crippen molar-refractivity contribution in [3.05, 3.63) is 82.9 Å². The van der Waals surface area contributed by atoms with Crippen molar-refractivity contribution < 1.29 is 14.1 Å². The lowest BCUT2D eigenvalue weighted by Gasteiger charge is -2.09. The summed E-state index contributed by atoms with van der Waals surface area (Å²) in [5.74, 6) is -0.424. The lowest BCUT2D eigenvalue weighted by Crippen LogP contribution is -2.33. The van der Waals surface area contributed by atoms with Crippen molar-refractivity contribution in [3.8, 4) is 21.9 Å². The van der Waals surface area contributed by atoms with Gasteiger partial charge >= 0.3 is 0 Å². The molecule has 0 unspecified atom stereocenters. The summed E-state index contributed by atoms with van der Waals surface area (Å²) in [6.45, 7) is 0. The van der Waals surface area contributed by atoms with Crippen LogP contribution in [0, 0.1) is 10.1 Å². The first-order chi connectivity index (χ1) is 16.5. The van der Waals surface area contributed by atoms with Gasteiger partial charge in [-0.3, -0.25) is 20.2 Å². The Morgan fingerprint density at radius 3 is 2.82 bits per heavy atom. The standard InChI is InChI=1S/C21H13N7O4S2/c29-18(17-9-8-16(32-17)14-6-1-2-7-15(14)28(30)31)24-20(33)23-13-5-3-4-12(10-13)19-26-27-11-22-25-21(27)34-19/h1-11H,(H2,23,24,29,33). The number of anilines is 1. The number of hydrogen-bond donors (Lipinski definition) is 2. The molecule has 0 fully saturated rings. The molecule has 1 amide bonds. The molecule has 0 bridgehead atoms. The van der Waals surface area contributed by atoms with Gasteiger partial charge in [0, 0.05) is 17.3 Å². The van der Waals surface area contributed by atoms with Crippen LogP contribution in [-0.2, 0) is 0 Å². The van der Waals surface area contributed by atoms with E-state index in [-0.39, 0.29) is 27.9 Å². The van der Waals surface area contributed by atoms with E-state index in [1.165, 1.54) is 35.9 Å². The number of carbonyl (C=O) groups is 1. The minimum atomic E-state index is -0.591. The summed E-state index contributed by atoms with van der Waals surface area (Å²) in [5.41, 5.74) is 1.64. The minimum absolute atomic E-state index is 0.0363. The molecule has 5 rings (SSSR count). The van der Waals surface area contributed by atoms with Gasteiger partial charge in [-0.15, -0.1) is 10.2 Å². The van der Waals surface area contributed by atoms with E-state index in [0.29, 0.717) is 10.6 Å². The van der Waals surface area contributed by atoms with Gasteiger partial charge in [0.2, 0.25) is 4.96 Å². The molecule has 0 saturated heterocycles. The number of amides is 1. The molecule has 3 heterocycles. The molecule has 5 aromatic rings. The fraction of sp³-hybridized carbons (Fsp3) is 0. The Morgan fingerprint density at radius 2 is 2.00 bits per heavy atom. The van der Waals surface area contributed by atoms with E-state index in [0.717, 1.165) is 10.6 Å². The molecule has 34 heavy (non-hydrogen) atoms. The molecule has 2 aromatic carbocycles. The lowest BCUT2D eigenvalue weighted by molar-refractivity contribution is -0.384. The number of carbonyl (C=O) groups excluding carboxylic acids is 1. The summed E-state index contributed by atoms with van der Waals surface area (Å²) in [7, 11) is 0. The Balaban J connectivity index is 1.27. The molecule has 168 valence electrons. The molecule has 0 spiro atoms. The van der Waals surface area contributed by atoms with Gasteiger partial charge in [0.25, 0.3) is 11.6 Å². The van der Waals surface area contributed by atoms with Crippen LogP contribution in [-0.4, -0.2) is 35.8 Å². The number of hydrogen-bond acceptors (Lipinski definition) is 9. The highest BCUT2D eigenvalue weighted by Gasteiger charge is 2.20. The van der Waals surface area contributed by atoms with Crippen LogP contribution in [0.4, 0.5) is 11.4 Å². The van der Waals surface area contributed by atoms with Crippen LogP contribution in [0.3, 0.4) is 0 Å². The Morgan fingerprint density at radius 1 is 1.15 bits per heavy atom. The first-order valence-corrected chi connectivity index (χ1v) is 10.9. The molecule has 11 nitrogen and oxygen atoms in total. The summed E-state index contributed by atoms with van der Waals surface area (Å²) in [5, 5.41) is 29.7. The number of nitro benzene ring substituents is 1. The van der Waals surface area contributed by atoms with Crippen molar-refractivity contribution in [1.29, 1.82) is 0 Å². The highest BCUT2D eigenvalue weighted by molar-refractivity contribution is 7.80. The Kier molecular flexibility index (Phi) is 5.53. The van der Waals surface area contributed by atoms with Crippen LogP contribution in [0.15, 0.2) is 71.4 Å². The van der Waals surface area contributed by atoms with E-state index in [1.807, 2.05) is 18.2 Å². The summed E-state index contributed by atoms with van der Waals surface area (Å²) >= 11 is 6.65. The second kappa shape index (κ2) is 8.80. The maximum atomic E-state index is 12.6. The molecule has 0 aliphatic rings. The third-order valence-corrected chi connectivity index (χ3v) is 5.84. The van der Waals surface area contributed by atoms with Crippen molar-refractivity contribution in [1.82, 2.24) is 25.1 Å². The van der Waals surface area contributed by atoms with E-state index < -0.39 is 10.8 Å². The van der Waals surface area contributed by atoms with Gasteiger partial charge in [-0.1, -0.05) is 35.6 Å². The van der Waals surface area contributed by atoms with E-state index >= 15 is 0 Å². The van der Waals surface area contributed by atoms with Crippen molar-refractivity contribution in [3.63, 3.8) is 0 Å². The molecule has 2 N–H and O–H groups in total. The fourth-order valence-corrected chi connectivity index (χ4v) is 4.21. The number of furan rings is 1. The monoisotopic (exact) mass is 491 g/mol. The molecular weight excluding hydrogens is 478 g/mol. The van der Waals surface area contributed by atoms with Crippen LogP contribution in [0.1, 0.15) is 10.6 Å². The number of benzene rings is 2. The maximum Gasteiger partial charge on any atom is 0.293 e. The zero-order valence-corrected chi connectivity index (χ0v) is 18.7. The van der Waals surface area contributed by atoms with Crippen molar-refractivity contribution in [2.75, 3.05) is 5.32 Å². The van der Waals surface area contributed by atoms with Crippen LogP contribution in [0.25, 0.3) is 26.9 Å². The highest BCUT2D eigenvalue weighted by atomic mass is 32.1. The summed E-state index contributed by atoms with van der Waals surface area (Å²) in [6, 6.07) is 16.4. The van der Waals surface area contributed by atoms with Crippen molar-refractivity contribution in [2.24, 2.45) is 0 Å². The van der Waals surface area contributed by atoms with Gasteiger partial charge in [-0.05, 0) is 42.5 Å². The number of aromatic nitrogens is 4. The third-order valence-electron chi connectivity index (χ3n) is 4.68. The predicted molar refractivity (Wildman–Crippen MR) is 129 cm³/mol. The summed E-state index contributed by atoms with van der Waals surface area (Å²) in [6.07, 6.45) is 1.53. The zero-order valence-electron chi connectivity index (χ0n) is 17.0. The number of fused-ring (bicyclic) bond motifs is 1. The molecule has 0 radical (unpaired) electrons.